The highest BCUT2D eigenvalue weighted by atomic mass is 127. The molecule has 0 radical (unpaired) electrons. The molecular weight excluding hydrogens is 727 g/mol. The number of amides is 3. The highest BCUT2D eigenvalue weighted by molar-refractivity contribution is 14.1. The third-order valence-corrected chi connectivity index (χ3v) is 8.05. The number of hydrogen-bond acceptors (Lipinski definition) is 7. The molecular formula is C28H32F6IN5O5. The second-order valence-electron chi connectivity index (χ2n) is 10.5. The number of nitrogens with zero attached hydrogens (tertiary/aromatic N) is 2. The summed E-state index contributed by atoms with van der Waals surface area (Å²) in [6, 6.07) is 7.35. The summed E-state index contributed by atoms with van der Waals surface area (Å²) in [6.07, 6.45) is -8.29. The predicted molar refractivity (Wildman–Crippen MR) is 159 cm³/mol. The fourth-order valence-corrected chi connectivity index (χ4v) is 5.42. The Morgan fingerprint density at radius 1 is 0.867 bits per heavy atom. The van der Waals surface area contributed by atoms with Crippen LogP contribution in [0.4, 0.5) is 36.8 Å². The van der Waals surface area contributed by atoms with Crippen molar-refractivity contribution in [3.05, 3.63) is 48.0 Å². The Morgan fingerprint density at radius 2 is 1.51 bits per heavy atom. The van der Waals surface area contributed by atoms with Gasteiger partial charge in [-0.3, -0.25) is 9.69 Å². The number of nitrogens with one attached hydrogen (secondary N) is 3. The number of carbonyl (C=O) groups excluding carboxylic acids is 2. The van der Waals surface area contributed by atoms with Crippen molar-refractivity contribution in [3.63, 3.8) is 0 Å². The van der Waals surface area contributed by atoms with Gasteiger partial charge in [0.2, 0.25) is 0 Å². The standard InChI is InChI=1S/C28H32F6IN5O5/c29-27(30,31)44-21-3-1-2-19(16-21)38-26(42)37-18-4-6-20(7-5-18)43-24-9-8-22(45-28(32,33)34)17-23(24)25(41)36-10-11-39-12-14-40(35)15-13-39/h1-3,8-9,16-18,20H,4-7,10-15H2,(H,36,41)(H2,37,38,42). The van der Waals surface area contributed by atoms with Gasteiger partial charge in [0.15, 0.2) is 0 Å². The SMILES string of the molecule is O=C(Nc1cccc(OC(F)(F)F)c1)NC1CCC(Oc2ccc(OC(F)(F)F)cc2C(=O)NCCN2CCN(I)CC2)CC1. The molecule has 0 aromatic heterocycles. The van der Waals surface area contributed by atoms with Crippen LogP contribution in [-0.4, -0.2) is 84.1 Å². The zero-order chi connectivity index (χ0) is 32.6. The molecule has 1 heterocycles. The monoisotopic (exact) mass is 759 g/mol. The van der Waals surface area contributed by atoms with Gasteiger partial charge in [-0.1, -0.05) is 6.07 Å². The molecule has 2 fully saturated rings. The van der Waals surface area contributed by atoms with Crippen molar-refractivity contribution in [2.45, 2.75) is 50.6 Å². The molecule has 0 atom stereocenters. The number of hydrogen-bond donors (Lipinski definition) is 3. The summed E-state index contributed by atoms with van der Waals surface area (Å²) in [4.78, 5) is 27.7. The second-order valence-corrected chi connectivity index (χ2v) is 11.8. The third kappa shape index (κ3) is 11.9. The molecule has 1 aliphatic heterocycles. The fraction of sp³-hybridized carbons (Fsp3) is 0.500. The van der Waals surface area contributed by atoms with Crippen LogP contribution in [0.5, 0.6) is 17.2 Å². The zero-order valence-corrected chi connectivity index (χ0v) is 26.0. The molecule has 4 rings (SSSR count). The van der Waals surface area contributed by atoms with Gasteiger partial charge < -0.3 is 30.2 Å². The molecule has 248 valence electrons. The van der Waals surface area contributed by atoms with Gasteiger partial charge in [0.1, 0.15) is 17.2 Å². The first-order chi connectivity index (χ1) is 21.2. The lowest BCUT2D eigenvalue weighted by Crippen LogP contribution is -2.45. The van der Waals surface area contributed by atoms with Crippen LogP contribution in [0.2, 0.25) is 0 Å². The maximum atomic E-state index is 13.1. The molecule has 10 nitrogen and oxygen atoms in total. The smallest absolute Gasteiger partial charge is 0.490 e. The minimum absolute atomic E-state index is 0.0924. The van der Waals surface area contributed by atoms with Gasteiger partial charge in [0, 0.05) is 79.9 Å². The van der Waals surface area contributed by atoms with Gasteiger partial charge in [-0.2, -0.15) is 0 Å². The van der Waals surface area contributed by atoms with E-state index < -0.39 is 36.2 Å². The summed E-state index contributed by atoms with van der Waals surface area (Å²) in [7, 11) is 0. The van der Waals surface area contributed by atoms with Crippen molar-refractivity contribution in [3.8, 4) is 17.2 Å². The predicted octanol–water partition coefficient (Wildman–Crippen LogP) is 5.69. The van der Waals surface area contributed by atoms with Crippen molar-refractivity contribution >= 4 is 40.5 Å². The van der Waals surface area contributed by atoms with Crippen LogP contribution >= 0.6 is 22.9 Å². The molecule has 1 saturated heterocycles. The molecule has 2 aromatic carbocycles. The minimum Gasteiger partial charge on any atom is -0.490 e. The van der Waals surface area contributed by atoms with E-state index in [0.717, 1.165) is 50.4 Å². The number of urea groups is 1. The van der Waals surface area contributed by atoms with E-state index in [1.165, 1.54) is 18.2 Å². The zero-order valence-electron chi connectivity index (χ0n) is 23.8. The first kappa shape index (κ1) is 34.7. The topological polar surface area (TPSA) is 104 Å². The number of halogens is 7. The maximum absolute atomic E-state index is 13.1. The van der Waals surface area contributed by atoms with Crippen molar-refractivity contribution in [2.75, 3.05) is 44.6 Å². The van der Waals surface area contributed by atoms with Crippen molar-refractivity contribution in [2.24, 2.45) is 0 Å². The van der Waals surface area contributed by atoms with Crippen molar-refractivity contribution < 1.29 is 50.1 Å². The largest absolute Gasteiger partial charge is 0.573 e. The summed E-state index contributed by atoms with van der Waals surface area (Å²) in [5.41, 5.74) is 0.0171. The quantitative estimate of drug-likeness (QED) is 0.163. The summed E-state index contributed by atoms with van der Waals surface area (Å²) >= 11 is 2.25. The average Bonchev–Trinajstić information content (AvgIpc) is 2.94. The molecule has 1 aliphatic carbocycles. The van der Waals surface area contributed by atoms with E-state index in [4.69, 9.17) is 4.74 Å². The van der Waals surface area contributed by atoms with Crippen molar-refractivity contribution in [1.82, 2.24) is 18.6 Å². The van der Waals surface area contributed by atoms with Crippen LogP contribution in [0, 0.1) is 0 Å². The van der Waals surface area contributed by atoms with E-state index in [2.05, 4.69) is 56.3 Å². The first-order valence-electron chi connectivity index (χ1n) is 14.1. The average molecular weight is 759 g/mol. The van der Waals surface area contributed by atoms with Gasteiger partial charge in [-0.05, 0) is 56.0 Å². The van der Waals surface area contributed by atoms with Crippen LogP contribution in [-0.2, 0) is 0 Å². The van der Waals surface area contributed by atoms with E-state index in [1.807, 2.05) is 0 Å². The summed E-state index contributed by atoms with van der Waals surface area (Å²) in [6.45, 7) is 4.34. The lowest BCUT2D eigenvalue weighted by molar-refractivity contribution is -0.275. The van der Waals surface area contributed by atoms with Gasteiger partial charge >= 0.3 is 18.8 Å². The lowest BCUT2D eigenvalue weighted by Gasteiger charge is -2.31. The molecule has 0 bridgehead atoms. The molecule has 17 heteroatoms. The number of ether oxygens (including phenoxy) is 3. The highest BCUT2D eigenvalue weighted by Gasteiger charge is 2.33. The Balaban J connectivity index is 1.30. The van der Waals surface area contributed by atoms with E-state index in [0.29, 0.717) is 38.8 Å². The third-order valence-electron chi connectivity index (χ3n) is 7.09. The number of benzene rings is 2. The summed E-state index contributed by atoms with van der Waals surface area (Å²) in [5.74, 6) is -1.51. The number of rotatable bonds is 10. The van der Waals surface area contributed by atoms with Gasteiger partial charge in [-0.25, -0.2) is 7.91 Å². The normalized spacial score (nSPS) is 19.8. The number of alkyl halides is 6. The Bertz CT molecular complexity index is 1300. The van der Waals surface area contributed by atoms with E-state index in [1.54, 1.807) is 0 Å². The number of carbonyl (C=O) groups is 2. The first-order valence-corrected chi connectivity index (χ1v) is 15.1. The maximum Gasteiger partial charge on any atom is 0.573 e. The summed E-state index contributed by atoms with van der Waals surface area (Å²) in [5, 5.41) is 8.00. The van der Waals surface area contributed by atoms with Crippen LogP contribution < -0.4 is 30.2 Å². The van der Waals surface area contributed by atoms with Gasteiger partial charge in [-0.15, -0.1) is 26.3 Å². The van der Waals surface area contributed by atoms with Crippen LogP contribution in [0.3, 0.4) is 0 Å². The minimum atomic E-state index is -4.94. The van der Waals surface area contributed by atoms with Gasteiger partial charge in [0.05, 0.1) is 11.7 Å². The van der Waals surface area contributed by atoms with E-state index in [9.17, 15) is 35.9 Å². The Morgan fingerprint density at radius 3 is 2.16 bits per heavy atom. The molecule has 3 N–H and O–H groups in total. The van der Waals surface area contributed by atoms with Gasteiger partial charge in [0.25, 0.3) is 5.91 Å². The molecule has 1 saturated carbocycles. The summed E-state index contributed by atoms with van der Waals surface area (Å²) < 4.78 is 92.1. The van der Waals surface area contributed by atoms with Crippen LogP contribution in [0.15, 0.2) is 42.5 Å². The molecule has 2 aromatic rings. The Labute approximate surface area is 269 Å². The number of piperazine rings is 1. The Kier molecular flexibility index (Phi) is 11.9. The van der Waals surface area contributed by atoms with Crippen LogP contribution in [0.1, 0.15) is 36.0 Å². The highest BCUT2D eigenvalue weighted by Crippen LogP contribution is 2.32. The molecule has 3 amide bonds. The molecule has 0 unspecified atom stereocenters. The molecule has 0 spiro atoms. The van der Waals surface area contributed by atoms with E-state index >= 15 is 0 Å². The lowest BCUT2D eigenvalue weighted by atomic mass is 9.93. The van der Waals surface area contributed by atoms with Crippen LogP contribution in [0.25, 0.3) is 0 Å². The van der Waals surface area contributed by atoms with Crippen molar-refractivity contribution in [1.29, 1.82) is 0 Å². The number of anilines is 1. The Hall–Kier alpha value is -3.19. The molecule has 45 heavy (non-hydrogen) atoms. The van der Waals surface area contributed by atoms with E-state index in [-0.39, 0.29) is 29.1 Å². The fourth-order valence-electron chi connectivity index (χ4n) is 4.98. The molecule has 2 aliphatic rings. The second kappa shape index (κ2) is 15.4.